The van der Waals surface area contributed by atoms with Crippen molar-refractivity contribution in [3.8, 4) is 11.5 Å². The first kappa shape index (κ1) is 20.4. The lowest BCUT2D eigenvalue weighted by Gasteiger charge is -2.26. The summed E-state index contributed by atoms with van der Waals surface area (Å²) in [6.07, 6.45) is 5.83. The van der Waals surface area contributed by atoms with Crippen LogP contribution in [0.4, 0.5) is 0 Å². The number of nitrogens with zero attached hydrogens (tertiary/aromatic N) is 1. The van der Waals surface area contributed by atoms with Crippen molar-refractivity contribution in [3.05, 3.63) is 52.2 Å². The number of nitrogens with one attached hydrogen (secondary N) is 1. The maximum absolute atomic E-state index is 12.4. The second-order valence-corrected chi connectivity index (χ2v) is 7.68. The molecule has 1 aliphatic heterocycles. The minimum absolute atomic E-state index is 0.0893. The van der Waals surface area contributed by atoms with Gasteiger partial charge in [-0.1, -0.05) is 12.1 Å². The summed E-state index contributed by atoms with van der Waals surface area (Å²) in [4.78, 5) is 16.1. The predicted molar refractivity (Wildman–Crippen MR) is 114 cm³/mol. The Bertz CT molecular complexity index is 783. The maximum Gasteiger partial charge on any atom is 0.244 e. The first-order valence-electron chi connectivity index (χ1n) is 9.75. The molecular formula is C22H28N2O3S. The van der Waals surface area contributed by atoms with E-state index in [1.165, 1.54) is 17.7 Å². The van der Waals surface area contributed by atoms with Gasteiger partial charge in [0.2, 0.25) is 5.91 Å². The Morgan fingerprint density at radius 1 is 1.29 bits per heavy atom. The SMILES string of the molecule is CCOc1ccc(/C=C/C(=O)NCC(c2cccs2)N2CCCC2)cc1OC. The molecule has 2 heterocycles. The lowest BCUT2D eigenvalue weighted by Crippen LogP contribution is -2.35. The van der Waals surface area contributed by atoms with E-state index in [0.29, 0.717) is 24.7 Å². The van der Waals surface area contributed by atoms with Crippen LogP contribution < -0.4 is 14.8 Å². The van der Waals surface area contributed by atoms with Crippen molar-refractivity contribution in [3.63, 3.8) is 0 Å². The average Bonchev–Trinajstić information content (AvgIpc) is 3.42. The fourth-order valence-electron chi connectivity index (χ4n) is 3.43. The molecule has 5 nitrogen and oxygen atoms in total. The van der Waals surface area contributed by atoms with E-state index in [2.05, 4.69) is 27.7 Å². The van der Waals surface area contributed by atoms with E-state index in [4.69, 9.17) is 9.47 Å². The third kappa shape index (κ3) is 5.36. The van der Waals surface area contributed by atoms with Gasteiger partial charge >= 0.3 is 0 Å². The van der Waals surface area contributed by atoms with Gasteiger partial charge in [0.05, 0.1) is 19.8 Å². The second kappa shape index (κ2) is 10.3. The van der Waals surface area contributed by atoms with Crippen LogP contribution in [0.3, 0.4) is 0 Å². The lowest BCUT2D eigenvalue weighted by molar-refractivity contribution is -0.116. The van der Waals surface area contributed by atoms with Crippen LogP contribution in [0.1, 0.15) is 36.2 Å². The van der Waals surface area contributed by atoms with Crippen molar-refractivity contribution in [1.29, 1.82) is 0 Å². The Labute approximate surface area is 171 Å². The van der Waals surface area contributed by atoms with Crippen LogP contribution >= 0.6 is 11.3 Å². The van der Waals surface area contributed by atoms with Crippen LogP contribution in [-0.2, 0) is 4.79 Å². The summed E-state index contributed by atoms with van der Waals surface area (Å²) >= 11 is 1.75. The first-order chi connectivity index (χ1) is 13.7. The quantitative estimate of drug-likeness (QED) is 0.643. The highest BCUT2D eigenvalue weighted by Crippen LogP contribution is 2.29. The van der Waals surface area contributed by atoms with E-state index in [9.17, 15) is 4.79 Å². The van der Waals surface area contributed by atoms with Gasteiger partial charge in [-0.15, -0.1) is 11.3 Å². The lowest BCUT2D eigenvalue weighted by atomic mass is 10.2. The smallest absolute Gasteiger partial charge is 0.244 e. The van der Waals surface area contributed by atoms with Crippen molar-refractivity contribution in [2.75, 3.05) is 33.4 Å². The molecular weight excluding hydrogens is 372 g/mol. The van der Waals surface area contributed by atoms with Crippen molar-refractivity contribution in [1.82, 2.24) is 10.2 Å². The molecule has 1 saturated heterocycles. The number of likely N-dealkylation sites (tertiary alicyclic amines) is 1. The van der Waals surface area contributed by atoms with Gasteiger partial charge in [0.1, 0.15) is 0 Å². The van der Waals surface area contributed by atoms with E-state index < -0.39 is 0 Å². The molecule has 1 unspecified atom stereocenters. The van der Waals surface area contributed by atoms with Crippen molar-refractivity contribution < 1.29 is 14.3 Å². The monoisotopic (exact) mass is 400 g/mol. The number of thiophene rings is 1. The van der Waals surface area contributed by atoms with Gasteiger partial charge in [-0.05, 0) is 68.1 Å². The number of carbonyl (C=O) groups is 1. The Kier molecular flexibility index (Phi) is 7.51. The molecule has 1 aromatic heterocycles. The number of carbonyl (C=O) groups excluding carboxylic acids is 1. The molecule has 2 aromatic rings. The molecule has 0 saturated carbocycles. The van der Waals surface area contributed by atoms with E-state index in [-0.39, 0.29) is 11.9 Å². The van der Waals surface area contributed by atoms with E-state index in [1.54, 1.807) is 30.6 Å². The number of amides is 1. The minimum Gasteiger partial charge on any atom is -0.493 e. The normalized spacial score (nSPS) is 15.6. The summed E-state index contributed by atoms with van der Waals surface area (Å²) in [6, 6.07) is 10.1. The number of ether oxygens (including phenoxy) is 2. The molecule has 1 aliphatic rings. The molecule has 0 aliphatic carbocycles. The third-order valence-corrected chi connectivity index (χ3v) is 5.81. The number of hydrogen-bond donors (Lipinski definition) is 1. The fourth-order valence-corrected chi connectivity index (χ4v) is 4.30. The van der Waals surface area contributed by atoms with Gasteiger partial charge in [-0.2, -0.15) is 0 Å². The molecule has 150 valence electrons. The van der Waals surface area contributed by atoms with Crippen molar-refractivity contribution in [2.24, 2.45) is 0 Å². The molecule has 1 amide bonds. The summed E-state index contributed by atoms with van der Waals surface area (Å²) in [5.41, 5.74) is 0.893. The Morgan fingerprint density at radius 3 is 2.79 bits per heavy atom. The number of methoxy groups -OCH3 is 1. The fraction of sp³-hybridized carbons (Fsp3) is 0.409. The van der Waals surface area contributed by atoms with Gasteiger partial charge in [0, 0.05) is 17.5 Å². The molecule has 0 spiro atoms. The van der Waals surface area contributed by atoms with Crippen LogP contribution in [-0.4, -0.2) is 44.2 Å². The molecule has 3 rings (SSSR count). The van der Waals surface area contributed by atoms with Crippen LogP contribution in [0.2, 0.25) is 0 Å². The zero-order chi connectivity index (χ0) is 19.8. The molecule has 0 bridgehead atoms. The summed E-state index contributed by atoms with van der Waals surface area (Å²) in [7, 11) is 1.61. The molecule has 1 aromatic carbocycles. The summed E-state index contributed by atoms with van der Waals surface area (Å²) < 4.78 is 10.9. The standard InChI is InChI=1S/C22H28N2O3S/c1-3-27-19-10-8-17(15-20(19)26-2)9-11-22(25)23-16-18(21-7-6-14-28-21)24-12-4-5-13-24/h6-11,14-15,18H,3-5,12-13,16H2,1-2H3,(H,23,25)/b11-9+. The molecule has 1 atom stereocenters. The minimum atomic E-state index is -0.0893. The maximum atomic E-state index is 12.4. The van der Waals surface area contributed by atoms with Crippen LogP contribution in [0.5, 0.6) is 11.5 Å². The average molecular weight is 401 g/mol. The van der Waals surface area contributed by atoms with E-state index >= 15 is 0 Å². The Balaban J connectivity index is 1.59. The largest absolute Gasteiger partial charge is 0.493 e. The Morgan fingerprint density at radius 2 is 2.11 bits per heavy atom. The third-order valence-electron chi connectivity index (χ3n) is 4.84. The second-order valence-electron chi connectivity index (χ2n) is 6.70. The molecule has 28 heavy (non-hydrogen) atoms. The highest BCUT2D eigenvalue weighted by Gasteiger charge is 2.24. The van der Waals surface area contributed by atoms with Gasteiger partial charge < -0.3 is 14.8 Å². The van der Waals surface area contributed by atoms with Crippen LogP contribution in [0.15, 0.2) is 41.8 Å². The molecule has 1 N–H and O–H groups in total. The van der Waals surface area contributed by atoms with Gasteiger partial charge in [-0.3, -0.25) is 9.69 Å². The molecule has 1 fully saturated rings. The summed E-state index contributed by atoms with van der Waals surface area (Å²) in [6.45, 7) is 5.33. The van der Waals surface area contributed by atoms with E-state index in [1.807, 2.05) is 25.1 Å². The number of benzene rings is 1. The number of rotatable bonds is 9. The zero-order valence-corrected chi connectivity index (χ0v) is 17.3. The van der Waals surface area contributed by atoms with Gasteiger partial charge in [-0.25, -0.2) is 0 Å². The highest BCUT2D eigenvalue weighted by atomic mass is 32.1. The summed E-state index contributed by atoms with van der Waals surface area (Å²) in [5, 5.41) is 5.16. The highest BCUT2D eigenvalue weighted by molar-refractivity contribution is 7.10. The van der Waals surface area contributed by atoms with Crippen molar-refractivity contribution in [2.45, 2.75) is 25.8 Å². The van der Waals surface area contributed by atoms with E-state index in [0.717, 1.165) is 18.7 Å². The molecule has 0 radical (unpaired) electrons. The topological polar surface area (TPSA) is 50.8 Å². The van der Waals surface area contributed by atoms with Crippen LogP contribution in [0, 0.1) is 0 Å². The number of hydrogen-bond acceptors (Lipinski definition) is 5. The van der Waals surface area contributed by atoms with Crippen LogP contribution in [0.25, 0.3) is 6.08 Å². The Hall–Kier alpha value is -2.31. The van der Waals surface area contributed by atoms with Gasteiger partial charge in [0.15, 0.2) is 11.5 Å². The first-order valence-corrected chi connectivity index (χ1v) is 10.6. The van der Waals surface area contributed by atoms with Crippen molar-refractivity contribution >= 4 is 23.3 Å². The molecule has 6 heteroatoms. The zero-order valence-electron chi connectivity index (χ0n) is 16.5. The predicted octanol–water partition coefficient (Wildman–Crippen LogP) is 4.12. The summed E-state index contributed by atoms with van der Waals surface area (Å²) in [5.74, 6) is 1.28. The van der Waals surface area contributed by atoms with Gasteiger partial charge in [0.25, 0.3) is 0 Å².